The fraction of sp³-hybridized carbons (Fsp3) is 0.583. The zero-order valence-electron chi connectivity index (χ0n) is 14.4. The first-order valence-electron chi connectivity index (χ1n) is 8.29. The van der Waals surface area contributed by atoms with E-state index in [0.29, 0.717) is 17.5 Å². The van der Waals surface area contributed by atoms with Gasteiger partial charge in [-0.05, 0) is 0 Å². The van der Waals surface area contributed by atoms with Crippen LogP contribution in [0.5, 0.6) is 0 Å². The van der Waals surface area contributed by atoms with E-state index in [1.807, 2.05) is 0 Å². The van der Waals surface area contributed by atoms with Crippen molar-refractivity contribution in [2.45, 2.75) is 29.7 Å². The SMILES string of the molecule is B[PH]1(O)OC[C@H]2O[C@@H](n3c(SCCN)nc4c(=O)[nH]c(N)nc43)C(O)[C@@H]2O1. The molecule has 1 unspecified atom stereocenters. The van der Waals surface area contributed by atoms with Crippen molar-refractivity contribution in [2.24, 2.45) is 5.73 Å². The Labute approximate surface area is 158 Å². The Kier molecular flexibility index (Phi) is 4.93. The van der Waals surface area contributed by atoms with Crippen LogP contribution >= 0.6 is 19.6 Å². The zero-order chi connectivity index (χ0) is 19.3. The van der Waals surface area contributed by atoms with Crippen LogP contribution in [-0.2, 0) is 13.8 Å². The molecule has 2 saturated heterocycles. The Morgan fingerprint density at radius 1 is 1.48 bits per heavy atom. The van der Waals surface area contributed by atoms with Crippen LogP contribution in [0.15, 0.2) is 9.95 Å². The molecule has 2 aliphatic rings. The van der Waals surface area contributed by atoms with Crippen molar-refractivity contribution in [3.63, 3.8) is 0 Å². The monoisotopic (exact) mass is 418 g/mol. The summed E-state index contributed by atoms with van der Waals surface area (Å²) in [6.07, 6.45) is -3.42. The van der Waals surface area contributed by atoms with Gasteiger partial charge in [-0.15, -0.1) is 0 Å². The van der Waals surface area contributed by atoms with Crippen LogP contribution in [0.25, 0.3) is 11.2 Å². The number of aliphatic hydroxyl groups is 1. The quantitative estimate of drug-likeness (QED) is 0.200. The number of hydrogen-bond donors (Lipinski definition) is 5. The number of rotatable bonds is 4. The summed E-state index contributed by atoms with van der Waals surface area (Å²) in [6, 6.07) is 0. The van der Waals surface area contributed by atoms with Crippen molar-refractivity contribution in [3.05, 3.63) is 10.4 Å². The van der Waals surface area contributed by atoms with E-state index in [2.05, 4.69) is 15.0 Å². The average Bonchev–Trinajstić information content (AvgIpc) is 3.10. The molecule has 7 N–H and O–H groups in total. The number of aromatic nitrogens is 4. The molecule has 0 spiro atoms. The number of anilines is 1. The summed E-state index contributed by atoms with van der Waals surface area (Å²) >= 11 is 1.30. The van der Waals surface area contributed by atoms with E-state index in [1.54, 1.807) is 0 Å². The van der Waals surface area contributed by atoms with Crippen LogP contribution < -0.4 is 17.0 Å². The number of ether oxygens (including phenoxy) is 1. The molecular weight excluding hydrogens is 398 g/mol. The Morgan fingerprint density at radius 3 is 3.00 bits per heavy atom. The molecule has 2 aromatic rings. The third-order valence-electron chi connectivity index (χ3n) is 4.32. The second-order valence-corrected chi connectivity index (χ2v) is 9.75. The van der Waals surface area contributed by atoms with Crippen molar-refractivity contribution in [2.75, 3.05) is 24.6 Å². The van der Waals surface area contributed by atoms with E-state index in [0.717, 1.165) is 0 Å². The maximum atomic E-state index is 12.2. The molecule has 4 rings (SSSR count). The fourth-order valence-corrected chi connectivity index (χ4v) is 5.32. The van der Waals surface area contributed by atoms with Gasteiger partial charge in [0.25, 0.3) is 0 Å². The third kappa shape index (κ3) is 3.36. The average molecular weight is 418 g/mol. The van der Waals surface area contributed by atoms with Crippen LogP contribution in [0, 0.1) is 0 Å². The van der Waals surface area contributed by atoms with E-state index in [4.69, 9.17) is 25.3 Å². The van der Waals surface area contributed by atoms with Gasteiger partial charge in [-0.3, -0.25) is 0 Å². The van der Waals surface area contributed by atoms with Gasteiger partial charge >= 0.3 is 158 Å². The first kappa shape index (κ1) is 19.1. The van der Waals surface area contributed by atoms with Gasteiger partial charge in [-0.2, -0.15) is 0 Å². The van der Waals surface area contributed by atoms with E-state index in [-0.39, 0.29) is 23.7 Å². The first-order valence-corrected chi connectivity index (χ1v) is 11.5. The number of fused-ring (bicyclic) bond motifs is 2. The number of nitrogens with zero attached hydrogens (tertiary/aromatic N) is 3. The summed E-state index contributed by atoms with van der Waals surface area (Å²) in [7, 11) is -1.84. The van der Waals surface area contributed by atoms with Gasteiger partial charge in [0, 0.05) is 0 Å². The van der Waals surface area contributed by atoms with Gasteiger partial charge in [-0.25, -0.2) is 0 Å². The molecule has 4 heterocycles. The molecule has 0 bridgehead atoms. The molecule has 0 aromatic carbocycles. The zero-order valence-corrected chi connectivity index (χ0v) is 16.2. The van der Waals surface area contributed by atoms with Crippen LogP contribution in [0.4, 0.5) is 5.95 Å². The van der Waals surface area contributed by atoms with E-state index in [1.165, 1.54) is 23.9 Å². The number of nitrogens with one attached hydrogen (secondary N) is 1. The predicted octanol–water partition coefficient (Wildman–Crippen LogP) is -2.54. The maximum absolute atomic E-state index is 12.2. The van der Waals surface area contributed by atoms with Crippen molar-refractivity contribution in [1.82, 2.24) is 19.5 Å². The normalized spacial score (nSPS) is 31.1. The van der Waals surface area contributed by atoms with Gasteiger partial charge in [0.05, 0.1) is 0 Å². The number of imidazole rings is 1. The Morgan fingerprint density at radius 2 is 2.26 bits per heavy atom. The van der Waals surface area contributed by atoms with Gasteiger partial charge in [-0.1, -0.05) is 0 Å². The number of hydrogen-bond acceptors (Lipinski definition) is 11. The van der Waals surface area contributed by atoms with E-state index >= 15 is 0 Å². The van der Waals surface area contributed by atoms with Gasteiger partial charge in [0.1, 0.15) is 0 Å². The molecule has 0 aliphatic carbocycles. The number of nitrogen functional groups attached to an aromatic ring is 1. The molecule has 15 heteroatoms. The minimum absolute atomic E-state index is 0.0768. The second-order valence-electron chi connectivity index (χ2n) is 6.37. The topological polar surface area (TPSA) is 184 Å². The molecule has 0 radical (unpaired) electrons. The summed E-state index contributed by atoms with van der Waals surface area (Å²) < 4.78 is 18.3. The molecule has 12 nitrogen and oxygen atoms in total. The number of aliphatic hydroxyl groups excluding tert-OH is 1. The third-order valence-corrected chi connectivity index (χ3v) is 6.72. The fourth-order valence-electron chi connectivity index (χ4n) is 3.20. The summed E-state index contributed by atoms with van der Waals surface area (Å²) in [6.45, 7) is 0.482. The van der Waals surface area contributed by atoms with E-state index < -0.39 is 37.9 Å². The second kappa shape index (κ2) is 6.97. The summed E-state index contributed by atoms with van der Waals surface area (Å²) in [5.74, 6) is 0.456. The Balaban J connectivity index is 1.79. The van der Waals surface area contributed by atoms with Crippen LogP contribution in [-0.4, -0.2) is 74.3 Å². The van der Waals surface area contributed by atoms with Crippen LogP contribution in [0.3, 0.4) is 0 Å². The Hall–Kier alpha value is -1.25. The van der Waals surface area contributed by atoms with Crippen molar-refractivity contribution >= 4 is 44.3 Å². The van der Waals surface area contributed by atoms with Gasteiger partial charge in [0.2, 0.25) is 0 Å². The summed E-state index contributed by atoms with van der Waals surface area (Å²) in [5, 5.41) is 11.2. The van der Waals surface area contributed by atoms with Gasteiger partial charge in [0.15, 0.2) is 0 Å². The molecule has 0 saturated carbocycles. The molecule has 4 atom stereocenters. The predicted molar refractivity (Wildman–Crippen MR) is 102 cm³/mol. The van der Waals surface area contributed by atoms with Crippen LogP contribution in [0.1, 0.15) is 6.23 Å². The molecular formula is C12H20BN6O6PS. The van der Waals surface area contributed by atoms with Crippen molar-refractivity contribution < 1.29 is 23.8 Å². The van der Waals surface area contributed by atoms with Crippen molar-refractivity contribution in [3.8, 4) is 0 Å². The number of nitrogens with two attached hydrogens (primary N) is 2. The molecule has 27 heavy (non-hydrogen) atoms. The molecule has 2 aromatic heterocycles. The number of H-pyrrole nitrogens is 1. The van der Waals surface area contributed by atoms with Crippen molar-refractivity contribution in [1.29, 1.82) is 0 Å². The van der Waals surface area contributed by atoms with Gasteiger partial charge < -0.3 is 0 Å². The minimum atomic E-state index is -3.32. The number of thioether (sulfide) groups is 1. The van der Waals surface area contributed by atoms with Crippen LogP contribution in [0.2, 0.25) is 0 Å². The molecule has 0 amide bonds. The first-order chi connectivity index (χ1) is 12.8. The summed E-state index contributed by atoms with van der Waals surface area (Å²) in [4.78, 5) is 33.2. The standard InChI is InChI=1S/C12H20BN6O6PS/c13-26(22)23-3-4-7(25-26)6(20)10(24-4)19-8-5(9(21)18-11(15)17-8)16-12(19)27-2-1-14/h4,6-7,10,20,22,26H,1-3,13-14H2,(H3,15,17,18,21)/t4-,6?,7-,10-/m1/s1. The summed E-state index contributed by atoms with van der Waals surface area (Å²) in [5.41, 5.74) is 11.0. The molecule has 2 fully saturated rings. The van der Waals surface area contributed by atoms with E-state index in [9.17, 15) is 14.8 Å². The molecule has 2 aliphatic heterocycles. The molecule has 148 valence electrons. The number of aromatic amines is 1. The Bertz CT molecular complexity index is 926.